The normalized spacial score (nSPS) is 11.4. The first-order valence-corrected chi connectivity index (χ1v) is 10.0. The number of urea groups is 1. The fraction of sp³-hybridized carbons (Fsp3) is 0.316. The molecule has 9 heteroatoms. The van der Waals surface area contributed by atoms with E-state index in [1.165, 1.54) is 43.3 Å². The molecule has 0 aromatic heterocycles. The van der Waals surface area contributed by atoms with Gasteiger partial charge in [0.1, 0.15) is 16.5 Å². The minimum absolute atomic E-state index is 0.0293. The van der Waals surface area contributed by atoms with Crippen LogP contribution in [0.1, 0.15) is 12.5 Å². The summed E-state index contributed by atoms with van der Waals surface area (Å²) in [6, 6.07) is 9.86. The minimum atomic E-state index is -3.75. The molecule has 0 saturated carbocycles. The van der Waals surface area contributed by atoms with Crippen molar-refractivity contribution in [2.45, 2.75) is 18.4 Å². The maximum Gasteiger partial charge on any atom is 0.321 e. The van der Waals surface area contributed by atoms with E-state index in [4.69, 9.17) is 4.74 Å². The molecule has 0 saturated heterocycles. The summed E-state index contributed by atoms with van der Waals surface area (Å²) in [4.78, 5) is 13.8. The molecule has 0 aliphatic rings. The van der Waals surface area contributed by atoms with Crippen LogP contribution >= 0.6 is 0 Å². The lowest BCUT2D eigenvalue weighted by molar-refractivity contribution is 0.220. The number of anilines is 1. The zero-order chi connectivity index (χ0) is 20.9. The molecule has 0 unspecified atom stereocenters. The monoisotopic (exact) mass is 409 g/mol. The molecule has 0 fully saturated rings. The average Bonchev–Trinajstić information content (AvgIpc) is 2.64. The molecule has 2 amide bonds. The van der Waals surface area contributed by atoms with Crippen molar-refractivity contribution in [3.05, 3.63) is 53.8 Å². The number of sulfonamides is 1. The van der Waals surface area contributed by atoms with E-state index in [0.29, 0.717) is 12.3 Å². The van der Waals surface area contributed by atoms with Crippen molar-refractivity contribution in [3.8, 4) is 5.75 Å². The summed E-state index contributed by atoms with van der Waals surface area (Å²) in [5.74, 6) is -0.131. The van der Waals surface area contributed by atoms with Crippen molar-refractivity contribution in [1.29, 1.82) is 0 Å². The Morgan fingerprint density at radius 2 is 1.75 bits per heavy atom. The zero-order valence-corrected chi connectivity index (χ0v) is 17.1. The van der Waals surface area contributed by atoms with Gasteiger partial charge in [0.05, 0.1) is 6.61 Å². The zero-order valence-electron chi connectivity index (χ0n) is 16.3. The SMILES string of the molecule is CCOc1ccc(NC(=O)N(C)Cc2ccc(F)cc2)cc1S(=O)(=O)N(C)C. The number of amides is 2. The Hall–Kier alpha value is -2.65. The Morgan fingerprint density at radius 3 is 2.32 bits per heavy atom. The van der Waals surface area contributed by atoms with Crippen LogP contribution in [0.15, 0.2) is 47.4 Å². The van der Waals surface area contributed by atoms with Crippen molar-refractivity contribution in [2.75, 3.05) is 33.1 Å². The number of benzene rings is 2. The first-order valence-electron chi connectivity index (χ1n) is 8.61. The highest BCUT2D eigenvalue weighted by atomic mass is 32.2. The molecule has 28 heavy (non-hydrogen) atoms. The first-order chi connectivity index (χ1) is 13.1. The lowest BCUT2D eigenvalue weighted by Crippen LogP contribution is -2.31. The van der Waals surface area contributed by atoms with Gasteiger partial charge < -0.3 is 15.0 Å². The number of rotatable bonds is 7. The van der Waals surface area contributed by atoms with Gasteiger partial charge in [-0.2, -0.15) is 0 Å². The number of halogens is 1. The molecular formula is C19H24FN3O4S. The van der Waals surface area contributed by atoms with Crippen LogP contribution in [0.2, 0.25) is 0 Å². The summed E-state index contributed by atoms with van der Waals surface area (Å²) >= 11 is 0. The van der Waals surface area contributed by atoms with Crippen LogP contribution in [0.5, 0.6) is 5.75 Å². The summed E-state index contributed by atoms with van der Waals surface area (Å²) in [7, 11) is 0.682. The molecule has 7 nitrogen and oxygen atoms in total. The Bertz CT molecular complexity index is 931. The molecule has 0 atom stereocenters. The second kappa shape index (κ2) is 9.03. The second-order valence-electron chi connectivity index (χ2n) is 6.29. The molecule has 0 radical (unpaired) electrons. The van der Waals surface area contributed by atoms with Crippen LogP contribution < -0.4 is 10.1 Å². The van der Waals surface area contributed by atoms with Crippen LogP contribution in [0.25, 0.3) is 0 Å². The van der Waals surface area contributed by atoms with Crippen molar-refractivity contribution >= 4 is 21.7 Å². The lowest BCUT2D eigenvalue weighted by Gasteiger charge is -2.20. The molecule has 0 spiro atoms. The topological polar surface area (TPSA) is 79.0 Å². The maximum atomic E-state index is 13.0. The van der Waals surface area contributed by atoms with E-state index in [0.717, 1.165) is 9.87 Å². The number of hydrogen-bond donors (Lipinski definition) is 1. The summed E-state index contributed by atoms with van der Waals surface area (Å²) < 4.78 is 44.6. The van der Waals surface area contributed by atoms with Gasteiger partial charge in [-0.3, -0.25) is 0 Å². The van der Waals surface area contributed by atoms with E-state index in [2.05, 4.69) is 5.32 Å². The molecule has 0 aliphatic heterocycles. The third-order valence-electron chi connectivity index (χ3n) is 3.93. The van der Waals surface area contributed by atoms with E-state index >= 15 is 0 Å². The fourth-order valence-corrected chi connectivity index (χ4v) is 3.46. The molecule has 152 valence electrons. The molecule has 2 aromatic carbocycles. The van der Waals surface area contributed by atoms with Crippen LogP contribution in [-0.2, 0) is 16.6 Å². The number of nitrogens with one attached hydrogen (secondary N) is 1. The van der Waals surface area contributed by atoms with E-state index in [1.54, 1.807) is 32.2 Å². The van der Waals surface area contributed by atoms with Gasteiger partial charge in [0.15, 0.2) is 0 Å². The Morgan fingerprint density at radius 1 is 1.11 bits per heavy atom. The molecule has 0 aliphatic carbocycles. The molecule has 2 aromatic rings. The van der Waals surface area contributed by atoms with Crippen molar-refractivity contribution < 1.29 is 22.3 Å². The van der Waals surface area contributed by atoms with Gasteiger partial charge in [0.25, 0.3) is 0 Å². The highest BCUT2D eigenvalue weighted by molar-refractivity contribution is 7.89. The van der Waals surface area contributed by atoms with E-state index < -0.39 is 16.1 Å². The Labute approximate surface area is 164 Å². The van der Waals surface area contributed by atoms with Crippen molar-refractivity contribution in [1.82, 2.24) is 9.21 Å². The highest BCUT2D eigenvalue weighted by Crippen LogP contribution is 2.29. The summed E-state index contributed by atoms with van der Waals surface area (Å²) in [5.41, 5.74) is 1.08. The average molecular weight is 409 g/mol. The van der Waals surface area contributed by atoms with E-state index in [1.807, 2.05) is 0 Å². The van der Waals surface area contributed by atoms with Crippen LogP contribution in [0.4, 0.5) is 14.9 Å². The van der Waals surface area contributed by atoms with Crippen LogP contribution in [-0.4, -0.2) is 51.4 Å². The van der Waals surface area contributed by atoms with Gasteiger partial charge in [0.2, 0.25) is 10.0 Å². The predicted octanol–water partition coefficient (Wildman–Crippen LogP) is 3.14. The van der Waals surface area contributed by atoms with E-state index in [-0.39, 0.29) is 23.0 Å². The molecule has 2 rings (SSSR count). The van der Waals surface area contributed by atoms with Crippen molar-refractivity contribution in [2.24, 2.45) is 0 Å². The largest absolute Gasteiger partial charge is 0.492 e. The molecular weight excluding hydrogens is 385 g/mol. The van der Waals surface area contributed by atoms with Gasteiger partial charge >= 0.3 is 6.03 Å². The second-order valence-corrected chi connectivity index (χ2v) is 8.41. The summed E-state index contributed by atoms with van der Waals surface area (Å²) in [6.45, 7) is 2.33. The Kier molecular flexibility index (Phi) is 6.98. The third-order valence-corrected chi connectivity index (χ3v) is 5.77. The quantitative estimate of drug-likeness (QED) is 0.762. The van der Waals surface area contributed by atoms with E-state index in [9.17, 15) is 17.6 Å². The number of hydrogen-bond acceptors (Lipinski definition) is 4. The molecule has 0 bridgehead atoms. The van der Waals surface area contributed by atoms with Crippen molar-refractivity contribution in [3.63, 3.8) is 0 Å². The maximum absolute atomic E-state index is 13.0. The van der Waals surface area contributed by atoms with Crippen LogP contribution in [0.3, 0.4) is 0 Å². The predicted molar refractivity (Wildman–Crippen MR) is 105 cm³/mol. The van der Waals surface area contributed by atoms with Gasteiger partial charge in [-0.25, -0.2) is 21.9 Å². The van der Waals surface area contributed by atoms with Crippen LogP contribution in [0, 0.1) is 5.82 Å². The number of carbonyl (C=O) groups is 1. The van der Waals surface area contributed by atoms with Gasteiger partial charge in [-0.1, -0.05) is 12.1 Å². The summed E-state index contributed by atoms with van der Waals surface area (Å²) in [6.07, 6.45) is 0. The Balaban J connectivity index is 2.20. The van der Waals surface area contributed by atoms with Gasteiger partial charge in [-0.05, 0) is 42.8 Å². The van der Waals surface area contributed by atoms with Gasteiger partial charge in [0, 0.05) is 33.4 Å². The molecule has 0 heterocycles. The fourth-order valence-electron chi connectivity index (χ4n) is 2.41. The number of carbonyl (C=O) groups excluding carboxylic acids is 1. The molecule has 1 N–H and O–H groups in total. The standard InChI is InChI=1S/C19H24FN3O4S/c1-5-27-17-11-10-16(12-18(17)28(25,26)22(2)3)21-19(24)23(4)13-14-6-8-15(20)9-7-14/h6-12H,5,13H2,1-4H3,(H,21,24). The highest BCUT2D eigenvalue weighted by Gasteiger charge is 2.23. The smallest absolute Gasteiger partial charge is 0.321 e. The summed E-state index contributed by atoms with van der Waals surface area (Å²) in [5, 5.41) is 2.67. The lowest BCUT2D eigenvalue weighted by atomic mass is 10.2. The number of nitrogens with zero attached hydrogens (tertiary/aromatic N) is 2. The number of ether oxygens (including phenoxy) is 1. The third kappa shape index (κ3) is 5.20. The first kappa shape index (κ1) is 21.6. The van der Waals surface area contributed by atoms with Gasteiger partial charge in [-0.15, -0.1) is 0 Å². The minimum Gasteiger partial charge on any atom is -0.492 e.